The van der Waals surface area contributed by atoms with Crippen molar-refractivity contribution in [2.75, 3.05) is 23.5 Å². The number of carbonyl (C=O) groups is 3. The summed E-state index contributed by atoms with van der Waals surface area (Å²) in [4.78, 5) is 36.4. The lowest BCUT2D eigenvalue weighted by molar-refractivity contribution is -0.113. The zero-order valence-electron chi connectivity index (χ0n) is 16.6. The molecule has 0 spiro atoms. The van der Waals surface area contributed by atoms with Crippen LogP contribution in [-0.4, -0.2) is 35.8 Å². The average molecular weight is 436 g/mol. The van der Waals surface area contributed by atoms with Gasteiger partial charge in [0.2, 0.25) is 5.91 Å². The van der Waals surface area contributed by atoms with E-state index >= 15 is 0 Å². The average Bonchev–Trinajstić information content (AvgIpc) is 2.78. The molecule has 0 bridgehead atoms. The van der Waals surface area contributed by atoms with Crippen molar-refractivity contribution in [3.63, 3.8) is 0 Å². The predicted molar refractivity (Wildman–Crippen MR) is 120 cm³/mol. The molecule has 0 aliphatic rings. The van der Waals surface area contributed by atoms with Crippen LogP contribution in [0, 0.1) is 0 Å². The number of carboxylic acid groups (broad SMARTS) is 1. The van der Waals surface area contributed by atoms with Crippen LogP contribution in [0.1, 0.15) is 20.7 Å². The van der Waals surface area contributed by atoms with E-state index in [1.165, 1.54) is 23.9 Å². The highest BCUT2D eigenvalue weighted by Crippen LogP contribution is 2.23. The Labute approximate surface area is 183 Å². The Hall–Kier alpha value is -3.78. The number of rotatable bonds is 8. The van der Waals surface area contributed by atoms with Crippen LogP contribution >= 0.6 is 11.8 Å². The largest absolute Gasteiger partial charge is 0.497 e. The third kappa shape index (κ3) is 6.35. The van der Waals surface area contributed by atoms with Gasteiger partial charge in [-0.2, -0.15) is 0 Å². The Morgan fingerprint density at radius 3 is 2.23 bits per heavy atom. The molecule has 0 radical (unpaired) electrons. The van der Waals surface area contributed by atoms with Gasteiger partial charge in [-0.3, -0.25) is 9.59 Å². The number of anilines is 2. The molecule has 8 heteroatoms. The third-order valence-electron chi connectivity index (χ3n) is 4.21. The molecular weight excluding hydrogens is 416 g/mol. The van der Waals surface area contributed by atoms with E-state index in [-0.39, 0.29) is 23.1 Å². The van der Waals surface area contributed by atoms with E-state index in [4.69, 9.17) is 9.84 Å². The van der Waals surface area contributed by atoms with Gasteiger partial charge in [-0.15, -0.1) is 11.8 Å². The van der Waals surface area contributed by atoms with Gasteiger partial charge in [-0.05, 0) is 60.7 Å². The first-order valence-corrected chi connectivity index (χ1v) is 10.2. The molecule has 0 aliphatic heterocycles. The Bertz CT molecular complexity index is 1100. The van der Waals surface area contributed by atoms with E-state index in [0.717, 1.165) is 4.90 Å². The van der Waals surface area contributed by atoms with E-state index in [1.54, 1.807) is 61.7 Å². The summed E-state index contributed by atoms with van der Waals surface area (Å²) in [5.74, 6) is -0.768. The van der Waals surface area contributed by atoms with Crippen LogP contribution in [0.3, 0.4) is 0 Å². The number of nitrogens with one attached hydrogen (secondary N) is 2. The van der Waals surface area contributed by atoms with E-state index in [0.29, 0.717) is 22.7 Å². The van der Waals surface area contributed by atoms with Crippen molar-refractivity contribution in [1.82, 2.24) is 0 Å². The first kappa shape index (κ1) is 21.9. The quantitative estimate of drug-likeness (QED) is 0.453. The van der Waals surface area contributed by atoms with Crippen molar-refractivity contribution in [1.29, 1.82) is 0 Å². The highest BCUT2D eigenvalue weighted by molar-refractivity contribution is 8.00. The first-order chi connectivity index (χ1) is 14.9. The van der Waals surface area contributed by atoms with Gasteiger partial charge in [-0.1, -0.05) is 12.1 Å². The molecular formula is C23H20N2O5S. The minimum absolute atomic E-state index is 0.103. The monoisotopic (exact) mass is 436 g/mol. The van der Waals surface area contributed by atoms with Crippen molar-refractivity contribution in [2.24, 2.45) is 0 Å². The molecule has 158 valence electrons. The topological polar surface area (TPSA) is 105 Å². The zero-order valence-corrected chi connectivity index (χ0v) is 17.4. The molecule has 3 aromatic rings. The summed E-state index contributed by atoms with van der Waals surface area (Å²) in [7, 11) is 1.56. The van der Waals surface area contributed by atoms with Crippen molar-refractivity contribution in [3.05, 3.63) is 83.9 Å². The molecule has 3 aromatic carbocycles. The normalized spacial score (nSPS) is 10.2. The zero-order chi connectivity index (χ0) is 22.2. The molecule has 3 rings (SSSR count). The summed E-state index contributed by atoms with van der Waals surface area (Å²) in [5.41, 5.74) is 1.64. The van der Waals surface area contributed by atoms with Gasteiger partial charge >= 0.3 is 5.97 Å². The van der Waals surface area contributed by atoms with Gasteiger partial charge in [0.25, 0.3) is 5.91 Å². The smallest absolute Gasteiger partial charge is 0.335 e. The molecule has 0 heterocycles. The lowest BCUT2D eigenvalue weighted by Crippen LogP contribution is -2.14. The predicted octanol–water partition coefficient (Wildman–Crippen LogP) is 4.38. The molecule has 0 aliphatic carbocycles. The highest BCUT2D eigenvalue weighted by atomic mass is 32.2. The molecule has 3 N–H and O–H groups in total. The summed E-state index contributed by atoms with van der Waals surface area (Å²) in [6, 6.07) is 20.0. The number of thioether (sulfide) groups is 1. The molecule has 0 atom stereocenters. The van der Waals surface area contributed by atoms with E-state index < -0.39 is 5.97 Å². The van der Waals surface area contributed by atoms with Gasteiger partial charge in [0.1, 0.15) is 5.75 Å². The summed E-state index contributed by atoms with van der Waals surface area (Å²) in [5, 5.41) is 14.5. The van der Waals surface area contributed by atoms with Crippen LogP contribution < -0.4 is 15.4 Å². The van der Waals surface area contributed by atoms with Crippen LogP contribution in [0.15, 0.2) is 77.7 Å². The standard InChI is InChI=1S/C23H20N2O5S/c1-30-19-10-8-15(9-11-19)22(27)25-18-6-3-7-20(13-18)31-14-21(26)24-17-5-2-4-16(12-17)23(28)29/h2-13H,14H2,1H3,(H,24,26)(H,25,27)(H,28,29). The second kappa shape index (κ2) is 10.3. The van der Waals surface area contributed by atoms with Gasteiger partial charge < -0.3 is 20.5 Å². The van der Waals surface area contributed by atoms with Crippen LogP contribution in [-0.2, 0) is 4.79 Å². The van der Waals surface area contributed by atoms with Gasteiger partial charge in [0, 0.05) is 21.8 Å². The van der Waals surface area contributed by atoms with Crippen molar-refractivity contribution >= 4 is 40.9 Å². The maximum absolute atomic E-state index is 12.4. The second-order valence-corrected chi connectivity index (χ2v) is 7.48. The minimum Gasteiger partial charge on any atom is -0.497 e. The third-order valence-corrected chi connectivity index (χ3v) is 5.20. The Morgan fingerprint density at radius 2 is 1.55 bits per heavy atom. The minimum atomic E-state index is -1.06. The highest BCUT2D eigenvalue weighted by Gasteiger charge is 2.09. The molecule has 31 heavy (non-hydrogen) atoms. The number of carbonyl (C=O) groups excluding carboxylic acids is 2. The molecule has 0 aromatic heterocycles. The van der Waals surface area contributed by atoms with Crippen LogP contribution in [0.5, 0.6) is 5.75 Å². The van der Waals surface area contributed by atoms with Crippen LogP contribution in [0.4, 0.5) is 11.4 Å². The summed E-state index contributed by atoms with van der Waals surface area (Å²) in [6.45, 7) is 0. The Kier molecular flexibility index (Phi) is 7.29. The van der Waals surface area contributed by atoms with Crippen LogP contribution in [0.25, 0.3) is 0 Å². The second-order valence-electron chi connectivity index (χ2n) is 6.43. The fraction of sp³-hybridized carbons (Fsp3) is 0.0870. The molecule has 0 saturated carbocycles. The maximum Gasteiger partial charge on any atom is 0.335 e. The molecule has 0 fully saturated rings. The maximum atomic E-state index is 12.4. The summed E-state index contributed by atoms with van der Waals surface area (Å²) >= 11 is 1.30. The fourth-order valence-corrected chi connectivity index (χ4v) is 3.44. The van der Waals surface area contributed by atoms with Gasteiger partial charge in [0.05, 0.1) is 18.4 Å². The number of carboxylic acids is 1. The SMILES string of the molecule is COc1ccc(C(=O)Nc2cccc(SCC(=O)Nc3cccc(C(=O)O)c3)c2)cc1. The number of benzene rings is 3. The molecule has 7 nitrogen and oxygen atoms in total. The summed E-state index contributed by atoms with van der Waals surface area (Å²) < 4.78 is 5.09. The molecule has 2 amide bonds. The number of methoxy groups -OCH3 is 1. The summed E-state index contributed by atoms with van der Waals surface area (Å²) in [6.07, 6.45) is 0. The molecule has 0 unspecified atom stereocenters. The number of hydrogen-bond donors (Lipinski definition) is 3. The van der Waals surface area contributed by atoms with E-state index in [2.05, 4.69) is 10.6 Å². The molecule has 0 saturated heterocycles. The number of amides is 2. The van der Waals surface area contributed by atoms with Crippen molar-refractivity contribution in [3.8, 4) is 5.75 Å². The fourth-order valence-electron chi connectivity index (χ4n) is 2.69. The number of aromatic carboxylic acids is 1. The number of hydrogen-bond acceptors (Lipinski definition) is 5. The Balaban J connectivity index is 1.56. The lowest BCUT2D eigenvalue weighted by atomic mass is 10.2. The van der Waals surface area contributed by atoms with E-state index in [9.17, 15) is 14.4 Å². The van der Waals surface area contributed by atoms with E-state index in [1.807, 2.05) is 6.07 Å². The lowest BCUT2D eigenvalue weighted by Gasteiger charge is -2.09. The van der Waals surface area contributed by atoms with Crippen molar-refractivity contribution in [2.45, 2.75) is 4.90 Å². The van der Waals surface area contributed by atoms with Gasteiger partial charge in [-0.25, -0.2) is 4.79 Å². The Morgan fingerprint density at radius 1 is 0.871 bits per heavy atom. The van der Waals surface area contributed by atoms with Gasteiger partial charge in [0.15, 0.2) is 0 Å². The number of ether oxygens (including phenoxy) is 1. The van der Waals surface area contributed by atoms with Crippen LogP contribution in [0.2, 0.25) is 0 Å². The first-order valence-electron chi connectivity index (χ1n) is 9.26. The van der Waals surface area contributed by atoms with Crippen molar-refractivity contribution < 1.29 is 24.2 Å².